The summed E-state index contributed by atoms with van der Waals surface area (Å²) in [4.78, 5) is 23.8. The molecule has 3 heterocycles. The topological polar surface area (TPSA) is 84.0 Å². The van der Waals surface area contributed by atoms with Crippen LogP contribution in [0.25, 0.3) is 11.3 Å². The highest BCUT2D eigenvalue weighted by molar-refractivity contribution is 5.96. The van der Waals surface area contributed by atoms with Crippen molar-refractivity contribution >= 4 is 11.7 Å². The first-order chi connectivity index (χ1) is 13.2. The van der Waals surface area contributed by atoms with Gasteiger partial charge >= 0.3 is 0 Å². The van der Waals surface area contributed by atoms with Crippen molar-refractivity contribution in [1.29, 1.82) is 0 Å². The number of benzene rings is 1. The Hall–Kier alpha value is -3.22. The first-order valence-electron chi connectivity index (χ1n) is 8.93. The van der Waals surface area contributed by atoms with Gasteiger partial charge in [-0.25, -0.2) is 4.98 Å². The molecule has 1 aliphatic heterocycles. The van der Waals surface area contributed by atoms with Gasteiger partial charge in [0.2, 0.25) is 5.91 Å². The molecule has 2 aromatic heterocycles. The third kappa shape index (κ3) is 3.40. The monoisotopic (exact) mass is 363 g/mol. The molecule has 1 N–H and O–H groups in total. The SMILES string of the molecule is COc1cccc(CC2CCN(c3cnc(-c4cn[nH]c4)c(C)n3)C2=O)c1. The second kappa shape index (κ2) is 7.19. The van der Waals surface area contributed by atoms with Gasteiger partial charge in [-0.05, 0) is 37.5 Å². The summed E-state index contributed by atoms with van der Waals surface area (Å²) in [5.74, 6) is 1.47. The zero-order chi connectivity index (χ0) is 18.8. The van der Waals surface area contributed by atoms with E-state index in [4.69, 9.17) is 4.74 Å². The van der Waals surface area contributed by atoms with Crippen molar-refractivity contribution in [2.75, 3.05) is 18.6 Å². The highest BCUT2D eigenvalue weighted by atomic mass is 16.5. The number of carbonyl (C=O) groups is 1. The summed E-state index contributed by atoms with van der Waals surface area (Å²) in [6, 6.07) is 7.88. The van der Waals surface area contributed by atoms with Crippen LogP contribution in [0.5, 0.6) is 5.75 Å². The molecule has 0 spiro atoms. The molecule has 3 aromatic rings. The highest BCUT2D eigenvalue weighted by Gasteiger charge is 2.33. The van der Waals surface area contributed by atoms with Gasteiger partial charge in [0, 0.05) is 24.2 Å². The molecule has 1 aromatic carbocycles. The number of aryl methyl sites for hydroxylation is 1. The van der Waals surface area contributed by atoms with E-state index in [0.29, 0.717) is 18.8 Å². The number of nitrogens with zero attached hydrogens (tertiary/aromatic N) is 4. The minimum absolute atomic E-state index is 0.0484. The zero-order valence-corrected chi connectivity index (χ0v) is 15.3. The molecule has 0 bridgehead atoms. The summed E-state index contributed by atoms with van der Waals surface area (Å²) >= 11 is 0. The number of hydrogen-bond acceptors (Lipinski definition) is 5. The van der Waals surface area contributed by atoms with Crippen LogP contribution < -0.4 is 9.64 Å². The normalized spacial score (nSPS) is 16.7. The fourth-order valence-electron chi connectivity index (χ4n) is 3.50. The van der Waals surface area contributed by atoms with Crippen LogP contribution in [-0.4, -0.2) is 39.7 Å². The Morgan fingerprint density at radius 1 is 1.33 bits per heavy atom. The maximum atomic E-state index is 12.9. The Labute approximate surface area is 157 Å². The lowest BCUT2D eigenvalue weighted by atomic mass is 9.98. The van der Waals surface area contributed by atoms with Gasteiger partial charge in [0.25, 0.3) is 0 Å². The van der Waals surface area contributed by atoms with Crippen molar-refractivity contribution in [1.82, 2.24) is 20.2 Å². The van der Waals surface area contributed by atoms with E-state index in [2.05, 4.69) is 20.2 Å². The van der Waals surface area contributed by atoms with E-state index >= 15 is 0 Å². The van der Waals surface area contributed by atoms with Crippen LogP contribution in [0.4, 0.5) is 5.82 Å². The fraction of sp³-hybridized carbons (Fsp3) is 0.300. The van der Waals surface area contributed by atoms with Crippen LogP contribution in [0.1, 0.15) is 17.7 Å². The van der Waals surface area contributed by atoms with Gasteiger partial charge in [-0.1, -0.05) is 12.1 Å². The van der Waals surface area contributed by atoms with Crippen molar-refractivity contribution in [2.45, 2.75) is 19.8 Å². The molecule has 0 saturated carbocycles. The van der Waals surface area contributed by atoms with Gasteiger partial charge in [-0.15, -0.1) is 0 Å². The molecule has 1 atom stereocenters. The van der Waals surface area contributed by atoms with E-state index in [1.54, 1.807) is 30.6 Å². The first-order valence-corrected chi connectivity index (χ1v) is 8.93. The number of hydrogen-bond donors (Lipinski definition) is 1. The van der Waals surface area contributed by atoms with Gasteiger partial charge in [-0.3, -0.25) is 19.8 Å². The third-order valence-electron chi connectivity index (χ3n) is 4.91. The van der Waals surface area contributed by atoms with Crippen LogP contribution in [0.15, 0.2) is 42.9 Å². The lowest BCUT2D eigenvalue weighted by Crippen LogP contribution is -2.28. The third-order valence-corrected chi connectivity index (χ3v) is 4.91. The number of methoxy groups -OCH3 is 1. The number of anilines is 1. The van der Waals surface area contributed by atoms with Crippen LogP contribution in [0.2, 0.25) is 0 Å². The molecule has 27 heavy (non-hydrogen) atoms. The van der Waals surface area contributed by atoms with Crippen LogP contribution >= 0.6 is 0 Å². The van der Waals surface area contributed by atoms with Crippen molar-refractivity contribution < 1.29 is 9.53 Å². The molecule has 1 aliphatic rings. The van der Waals surface area contributed by atoms with Crippen molar-refractivity contribution in [3.05, 3.63) is 54.1 Å². The van der Waals surface area contributed by atoms with Gasteiger partial charge in [-0.2, -0.15) is 5.10 Å². The summed E-state index contributed by atoms with van der Waals surface area (Å²) in [6.07, 6.45) is 6.66. The molecule has 1 fully saturated rings. The average molecular weight is 363 g/mol. The van der Waals surface area contributed by atoms with Gasteiger partial charge in [0.1, 0.15) is 5.75 Å². The Balaban J connectivity index is 1.51. The predicted molar refractivity (Wildman–Crippen MR) is 102 cm³/mol. The number of amides is 1. The second-order valence-electron chi connectivity index (χ2n) is 6.68. The largest absolute Gasteiger partial charge is 0.497 e. The Morgan fingerprint density at radius 3 is 2.96 bits per heavy atom. The van der Waals surface area contributed by atoms with E-state index < -0.39 is 0 Å². The molecule has 4 rings (SSSR count). The lowest BCUT2D eigenvalue weighted by Gasteiger charge is -2.17. The summed E-state index contributed by atoms with van der Waals surface area (Å²) < 4.78 is 5.27. The van der Waals surface area contributed by atoms with Crippen LogP contribution in [0, 0.1) is 12.8 Å². The highest BCUT2D eigenvalue weighted by Crippen LogP contribution is 2.28. The van der Waals surface area contributed by atoms with Crippen molar-refractivity contribution in [3.8, 4) is 17.0 Å². The number of rotatable bonds is 5. The van der Waals surface area contributed by atoms with E-state index in [-0.39, 0.29) is 11.8 Å². The lowest BCUT2D eigenvalue weighted by molar-refractivity contribution is -0.120. The number of nitrogens with one attached hydrogen (secondary N) is 1. The van der Waals surface area contributed by atoms with E-state index in [1.165, 1.54) is 0 Å². The number of aromatic nitrogens is 4. The molecule has 7 nitrogen and oxygen atoms in total. The first kappa shape index (κ1) is 17.2. The van der Waals surface area contributed by atoms with Crippen molar-refractivity contribution in [3.63, 3.8) is 0 Å². The number of carbonyl (C=O) groups excluding carboxylic acids is 1. The maximum absolute atomic E-state index is 12.9. The molecule has 138 valence electrons. The maximum Gasteiger partial charge on any atom is 0.231 e. The molecular weight excluding hydrogens is 342 g/mol. The van der Waals surface area contributed by atoms with Crippen LogP contribution in [-0.2, 0) is 11.2 Å². The van der Waals surface area contributed by atoms with E-state index in [0.717, 1.165) is 34.7 Å². The molecule has 1 saturated heterocycles. The molecular formula is C20H21N5O2. The Kier molecular flexibility index (Phi) is 4.58. The summed E-state index contributed by atoms with van der Waals surface area (Å²) in [6.45, 7) is 2.56. The molecule has 0 aliphatic carbocycles. The quantitative estimate of drug-likeness (QED) is 0.753. The number of aromatic amines is 1. The Morgan fingerprint density at radius 2 is 2.22 bits per heavy atom. The minimum Gasteiger partial charge on any atom is -0.497 e. The molecule has 1 amide bonds. The van der Waals surface area contributed by atoms with Gasteiger partial charge in [0.05, 0.1) is 30.9 Å². The summed E-state index contributed by atoms with van der Waals surface area (Å²) in [7, 11) is 1.65. The van der Waals surface area contributed by atoms with Gasteiger partial charge < -0.3 is 4.74 Å². The minimum atomic E-state index is -0.0484. The number of ether oxygens (including phenoxy) is 1. The Bertz CT molecular complexity index is 955. The van der Waals surface area contributed by atoms with E-state index in [9.17, 15) is 4.79 Å². The van der Waals surface area contributed by atoms with Crippen LogP contribution in [0.3, 0.4) is 0 Å². The van der Waals surface area contributed by atoms with Crippen molar-refractivity contribution in [2.24, 2.45) is 5.92 Å². The fourth-order valence-corrected chi connectivity index (χ4v) is 3.50. The second-order valence-corrected chi connectivity index (χ2v) is 6.68. The summed E-state index contributed by atoms with van der Waals surface area (Å²) in [5.41, 5.74) is 3.53. The molecule has 0 radical (unpaired) electrons. The molecule has 7 heteroatoms. The average Bonchev–Trinajstić information content (AvgIpc) is 3.33. The molecule has 1 unspecified atom stereocenters. The van der Waals surface area contributed by atoms with Gasteiger partial charge in [0.15, 0.2) is 5.82 Å². The van der Waals surface area contributed by atoms with E-state index in [1.807, 2.05) is 31.2 Å². The predicted octanol–water partition coefficient (Wildman–Crippen LogP) is 2.78. The summed E-state index contributed by atoms with van der Waals surface area (Å²) in [5, 5.41) is 6.73. The smallest absolute Gasteiger partial charge is 0.231 e. The standard InChI is InChI=1S/C20H21N5O2/c1-13-19(16-10-22-23-11-16)21-12-18(24-13)25-7-6-15(20(25)26)8-14-4-3-5-17(9-14)27-2/h3-5,9-12,15H,6-8H2,1-2H3,(H,22,23). The number of H-pyrrole nitrogens is 1. The zero-order valence-electron chi connectivity index (χ0n) is 15.3.